The van der Waals surface area contributed by atoms with Crippen molar-refractivity contribution in [2.24, 2.45) is 0 Å². The molecule has 0 spiro atoms. The van der Waals surface area contributed by atoms with Crippen molar-refractivity contribution in [2.75, 3.05) is 0 Å². The summed E-state index contributed by atoms with van der Waals surface area (Å²) >= 11 is 8.83. The van der Waals surface area contributed by atoms with Gasteiger partial charge in [-0.25, -0.2) is 0 Å². The van der Waals surface area contributed by atoms with Gasteiger partial charge >= 0.3 is 0 Å². The van der Waals surface area contributed by atoms with Gasteiger partial charge in [0.25, 0.3) is 0 Å². The fourth-order valence-electron chi connectivity index (χ4n) is 1.50. The minimum absolute atomic E-state index is 1.16. The van der Waals surface area contributed by atoms with Gasteiger partial charge in [0, 0.05) is 18.7 Å². The van der Waals surface area contributed by atoms with E-state index in [0.29, 0.717) is 0 Å². The number of benzene rings is 2. The van der Waals surface area contributed by atoms with Gasteiger partial charge in [0.2, 0.25) is 0 Å². The highest BCUT2D eigenvalue weighted by atomic mass is 79.9. The number of hydrogen-bond acceptors (Lipinski definition) is 1. The average molecular weight is 372 g/mol. The molecule has 0 aliphatic rings. The minimum atomic E-state index is 1.16. The van der Waals surface area contributed by atoms with E-state index in [1.165, 1.54) is 20.9 Å². The quantitative estimate of drug-likeness (QED) is 0.625. The first-order valence-electron chi connectivity index (χ1n) is 5.26. The summed E-state index contributed by atoms with van der Waals surface area (Å²) < 4.78 is 2.32. The van der Waals surface area contributed by atoms with Crippen LogP contribution in [0, 0.1) is 13.8 Å². The summed E-state index contributed by atoms with van der Waals surface area (Å²) in [5.41, 5.74) is 2.53. The first kappa shape index (κ1) is 13.2. The van der Waals surface area contributed by atoms with Crippen molar-refractivity contribution >= 4 is 43.6 Å². The first-order valence-corrected chi connectivity index (χ1v) is 7.66. The molecule has 2 aromatic carbocycles. The Morgan fingerprint density at radius 2 is 1.18 bits per heavy atom. The Morgan fingerprint density at radius 3 is 1.53 bits per heavy atom. The molecule has 0 saturated carbocycles. The summed E-state index contributed by atoms with van der Waals surface area (Å²) in [5, 5.41) is 0. The zero-order valence-electron chi connectivity index (χ0n) is 9.63. The molecule has 0 amide bonds. The van der Waals surface area contributed by atoms with Crippen LogP contribution in [0.4, 0.5) is 0 Å². The molecular weight excluding hydrogens is 360 g/mol. The molecule has 0 fully saturated rings. The SMILES string of the molecule is Cc1cc(Sc2ccc(Br)c(C)c2)ccc1Br. The highest BCUT2D eigenvalue weighted by Gasteiger charge is 2.02. The van der Waals surface area contributed by atoms with Crippen LogP contribution >= 0.6 is 43.6 Å². The Hall–Kier alpha value is -0.250. The normalized spacial score (nSPS) is 10.6. The molecule has 0 saturated heterocycles. The van der Waals surface area contributed by atoms with Gasteiger partial charge in [0.15, 0.2) is 0 Å². The lowest BCUT2D eigenvalue weighted by molar-refractivity contribution is 1.30. The molecule has 2 aromatic rings. The largest absolute Gasteiger partial charge is 0.0901 e. The molecule has 0 heterocycles. The summed E-state index contributed by atoms with van der Waals surface area (Å²) in [6, 6.07) is 12.9. The van der Waals surface area contributed by atoms with Crippen LogP contribution in [0.25, 0.3) is 0 Å². The molecule has 0 aliphatic carbocycles. The van der Waals surface area contributed by atoms with Crippen LogP contribution < -0.4 is 0 Å². The molecule has 0 nitrogen and oxygen atoms in total. The number of hydrogen-bond donors (Lipinski definition) is 0. The highest BCUT2D eigenvalue weighted by Crippen LogP contribution is 2.32. The van der Waals surface area contributed by atoms with Gasteiger partial charge in [-0.05, 0) is 61.4 Å². The van der Waals surface area contributed by atoms with E-state index >= 15 is 0 Å². The Labute approximate surface area is 123 Å². The predicted octanol–water partition coefficient (Wildman–Crippen LogP) is 5.98. The molecule has 2 rings (SSSR count). The molecule has 3 heteroatoms. The van der Waals surface area contributed by atoms with E-state index < -0.39 is 0 Å². The third-order valence-corrected chi connectivity index (χ3v) is 5.25. The first-order chi connectivity index (χ1) is 8.06. The molecule has 88 valence electrons. The maximum Gasteiger partial charge on any atom is 0.0205 e. The topological polar surface area (TPSA) is 0 Å². The Balaban J connectivity index is 2.25. The van der Waals surface area contributed by atoms with E-state index in [-0.39, 0.29) is 0 Å². The van der Waals surface area contributed by atoms with Crippen molar-refractivity contribution in [2.45, 2.75) is 23.6 Å². The second-order valence-electron chi connectivity index (χ2n) is 3.92. The fourth-order valence-corrected chi connectivity index (χ4v) is 3.01. The van der Waals surface area contributed by atoms with E-state index in [1.54, 1.807) is 11.8 Å². The predicted molar refractivity (Wildman–Crippen MR) is 81.9 cm³/mol. The highest BCUT2D eigenvalue weighted by molar-refractivity contribution is 9.10. The molecule has 17 heavy (non-hydrogen) atoms. The Bertz CT molecular complexity index is 500. The molecule has 0 unspecified atom stereocenters. The number of halogens is 2. The molecule has 0 radical (unpaired) electrons. The van der Waals surface area contributed by atoms with Gasteiger partial charge in [-0.15, -0.1) is 0 Å². The van der Waals surface area contributed by atoms with Gasteiger partial charge in [0.05, 0.1) is 0 Å². The second kappa shape index (κ2) is 5.59. The van der Waals surface area contributed by atoms with Gasteiger partial charge < -0.3 is 0 Å². The van der Waals surface area contributed by atoms with Crippen LogP contribution in [0.5, 0.6) is 0 Å². The maximum atomic E-state index is 3.52. The Morgan fingerprint density at radius 1 is 0.765 bits per heavy atom. The molecular formula is C14H12Br2S. The Kier molecular flexibility index (Phi) is 4.34. The van der Waals surface area contributed by atoms with Crippen LogP contribution in [-0.2, 0) is 0 Å². The molecule has 0 atom stereocenters. The smallest absolute Gasteiger partial charge is 0.0205 e. The van der Waals surface area contributed by atoms with Gasteiger partial charge in [-0.2, -0.15) is 0 Å². The monoisotopic (exact) mass is 370 g/mol. The van der Waals surface area contributed by atoms with Gasteiger partial charge in [-0.3, -0.25) is 0 Å². The van der Waals surface area contributed by atoms with Crippen molar-refractivity contribution in [1.82, 2.24) is 0 Å². The van der Waals surface area contributed by atoms with Crippen LogP contribution in [-0.4, -0.2) is 0 Å². The summed E-state index contributed by atoms with van der Waals surface area (Å²) in [5.74, 6) is 0. The van der Waals surface area contributed by atoms with E-state index in [2.05, 4.69) is 82.1 Å². The van der Waals surface area contributed by atoms with Crippen molar-refractivity contribution in [3.63, 3.8) is 0 Å². The maximum absolute atomic E-state index is 3.52. The van der Waals surface area contributed by atoms with Crippen molar-refractivity contribution in [3.05, 3.63) is 56.5 Å². The van der Waals surface area contributed by atoms with E-state index in [1.807, 2.05) is 0 Å². The van der Waals surface area contributed by atoms with Gasteiger partial charge in [0.1, 0.15) is 0 Å². The van der Waals surface area contributed by atoms with Crippen LogP contribution in [0.1, 0.15) is 11.1 Å². The lowest BCUT2D eigenvalue weighted by atomic mass is 10.2. The molecule has 0 aliphatic heterocycles. The van der Waals surface area contributed by atoms with Crippen molar-refractivity contribution < 1.29 is 0 Å². The third kappa shape index (κ3) is 3.36. The lowest BCUT2D eigenvalue weighted by Gasteiger charge is -2.06. The summed E-state index contributed by atoms with van der Waals surface area (Å²) in [4.78, 5) is 2.54. The second-order valence-corrected chi connectivity index (χ2v) is 6.78. The summed E-state index contributed by atoms with van der Waals surface area (Å²) in [6.07, 6.45) is 0. The molecule has 0 bridgehead atoms. The lowest BCUT2D eigenvalue weighted by Crippen LogP contribution is -1.80. The third-order valence-electron chi connectivity index (χ3n) is 2.49. The average Bonchev–Trinajstić information content (AvgIpc) is 2.29. The fraction of sp³-hybridized carbons (Fsp3) is 0.143. The minimum Gasteiger partial charge on any atom is -0.0901 e. The van der Waals surface area contributed by atoms with E-state index in [4.69, 9.17) is 0 Å². The van der Waals surface area contributed by atoms with Crippen LogP contribution in [0.15, 0.2) is 55.1 Å². The van der Waals surface area contributed by atoms with Gasteiger partial charge in [-0.1, -0.05) is 43.6 Å². The molecule has 0 aromatic heterocycles. The standard InChI is InChI=1S/C14H12Br2S/c1-9-7-11(3-5-13(9)15)17-12-4-6-14(16)10(2)8-12/h3-8H,1-2H3. The van der Waals surface area contributed by atoms with Crippen molar-refractivity contribution in [1.29, 1.82) is 0 Å². The number of rotatable bonds is 2. The van der Waals surface area contributed by atoms with Crippen LogP contribution in [0.3, 0.4) is 0 Å². The number of aryl methyl sites for hydroxylation is 2. The van der Waals surface area contributed by atoms with Crippen LogP contribution in [0.2, 0.25) is 0 Å². The zero-order valence-corrected chi connectivity index (χ0v) is 13.6. The van der Waals surface area contributed by atoms with E-state index in [0.717, 1.165) is 8.95 Å². The summed E-state index contributed by atoms with van der Waals surface area (Å²) in [7, 11) is 0. The van der Waals surface area contributed by atoms with Crippen molar-refractivity contribution in [3.8, 4) is 0 Å². The zero-order chi connectivity index (χ0) is 12.4. The summed E-state index contributed by atoms with van der Waals surface area (Å²) in [6.45, 7) is 4.22. The molecule has 0 N–H and O–H groups in total. The van der Waals surface area contributed by atoms with E-state index in [9.17, 15) is 0 Å².